The van der Waals surface area contributed by atoms with Crippen LogP contribution in [0.4, 0.5) is 14.5 Å². The van der Waals surface area contributed by atoms with Crippen LogP contribution in [0.3, 0.4) is 0 Å². The van der Waals surface area contributed by atoms with E-state index in [0.717, 1.165) is 0 Å². The van der Waals surface area contributed by atoms with Crippen molar-refractivity contribution in [2.75, 3.05) is 5.32 Å². The van der Waals surface area contributed by atoms with Crippen molar-refractivity contribution < 1.29 is 22.0 Å². The molecular weight excluding hydrogens is 450 g/mol. The summed E-state index contributed by atoms with van der Waals surface area (Å²) in [5, 5.41) is 12.2. The lowest BCUT2D eigenvalue weighted by Crippen LogP contribution is -2.15. The van der Waals surface area contributed by atoms with E-state index in [4.69, 9.17) is 5.14 Å². The normalized spacial score (nSPS) is 11.4. The van der Waals surface area contributed by atoms with Crippen LogP contribution in [0, 0.1) is 11.6 Å². The Hall–Kier alpha value is -3.89. The van der Waals surface area contributed by atoms with Gasteiger partial charge < -0.3 is 5.32 Å². The molecule has 1 aromatic heterocycles. The van der Waals surface area contributed by atoms with Gasteiger partial charge in [-0.3, -0.25) is 4.79 Å². The lowest BCUT2D eigenvalue weighted by molar-refractivity contribution is -0.115. The van der Waals surface area contributed by atoms with E-state index in [9.17, 15) is 22.0 Å². The number of hydrogen-bond donors (Lipinski definition) is 2. The number of aromatic nitrogens is 2. The highest BCUT2D eigenvalue weighted by Crippen LogP contribution is 2.25. The van der Waals surface area contributed by atoms with Crippen LogP contribution < -0.4 is 10.5 Å². The Balaban J connectivity index is 1.68. The first-order chi connectivity index (χ1) is 15.7. The number of nitrogens with zero attached hydrogens (tertiary/aromatic N) is 2. The molecule has 10 heteroatoms. The highest BCUT2D eigenvalue weighted by atomic mass is 32.2. The van der Waals surface area contributed by atoms with Gasteiger partial charge in [-0.2, -0.15) is 5.10 Å². The largest absolute Gasteiger partial charge is 0.326 e. The number of halogens is 2. The molecule has 0 aliphatic heterocycles. The fourth-order valence-corrected chi connectivity index (χ4v) is 3.77. The van der Waals surface area contributed by atoms with E-state index in [1.54, 1.807) is 24.3 Å². The minimum absolute atomic E-state index is 0.0589. The fraction of sp³-hybridized carbons (Fsp3) is 0.0435. The number of carbonyl (C=O) groups is 1. The molecule has 0 saturated carbocycles. The molecule has 1 amide bonds. The Kier molecular flexibility index (Phi) is 6.03. The van der Waals surface area contributed by atoms with Crippen LogP contribution in [-0.2, 0) is 21.2 Å². The average Bonchev–Trinajstić information content (AvgIpc) is 3.17. The molecule has 4 rings (SSSR count). The van der Waals surface area contributed by atoms with E-state index in [2.05, 4.69) is 10.4 Å². The van der Waals surface area contributed by atoms with Crippen molar-refractivity contribution in [3.05, 3.63) is 96.2 Å². The predicted octanol–water partition coefficient (Wildman–Crippen LogP) is 3.65. The molecule has 7 nitrogen and oxygen atoms in total. The summed E-state index contributed by atoms with van der Waals surface area (Å²) in [6.07, 6.45) is -0.104. The van der Waals surface area contributed by atoms with Gasteiger partial charge in [-0.1, -0.05) is 6.07 Å². The SMILES string of the molecule is NS(=O)(=O)c1ccc(-n2nc(CC(=O)Nc3cccc(F)c3)cc2-c2ccc(F)cc2)cc1. The van der Waals surface area contributed by atoms with Crippen LogP contribution in [-0.4, -0.2) is 24.1 Å². The van der Waals surface area contributed by atoms with E-state index < -0.39 is 27.6 Å². The number of hydrogen-bond acceptors (Lipinski definition) is 4. The first kappa shape index (κ1) is 22.3. The van der Waals surface area contributed by atoms with Crippen LogP contribution in [0.2, 0.25) is 0 Å². The number of nitrogens with two attached hydrogens (primary N) is 1. The van der Waals surface area contributed by atoms with Gasteiger partial charge in [0, 0.05) is 11.3 Å². The summed E-state index contributed by atoms with van der Waals surface area (Å²) in [5.74, 6) is -1.28. The number of amides is 1. The summed E-state index contributed by atoms with van der Waals surface area (Å²) < 4.78 is 51.4. The molecule has 1 heterocycles. The van der Waals surface area contributed by atoms with Gasteiger partial charge >= 0.3 is 0 Å². The van der Waals surface area contributed by atoms with Gasteiger partial charge in [0.1, 0.15) is 11.6 Å². The molecule has 0 aliphatic rings. The summed E-state index contributed by atoms with van der Waals surface area (Å²) in [4.78, 5) is 12.4. The summed E-state index contributed by atoms with van der Waals surface area (Å²) in [5.41, 5.74) is 2.43. The van der Waals surface area contributed by atoms with E-state index in [-0.39, 0.29) is 11.3 Å². The molecule has 33 heavy (non-hydrogen) atoms. The second-order valence-electron chi connectivity index (χ2n) is 7.21. The number of sulfonamides is 1. The maximum Gasteiger partial charge on any atom is 0.238 e. The molecule has 3 N–H and O–H groups in total. The summed E-state index contributed by atoms with van der Waals surface area (Å²) in [6.45, 7) is 0. The summed E-state index contributed by atoms with van der Waals surface area (Å²) >= 11 is 0. The van der Waals surface area contributed by atoms with Crippen LogP contribution in [0.25, 0.3) is 16.9 Å². The molecule has 0 spiro atoms. The third-order valence-electron chi connectivity index (χ3n) is 4.76. The van der Waals surface area contributed by atoms with Crippen LogP contribution in [0.15, 0.2) is 83.8 Å². The quantitative estimate of drug-likeness (QED) is 0.450. The van der Waals surface area contributed by atoms with E-state index in [1.807, 2.05) is 0 Å². The molecule has 0 unspecified atom stereocenters. The smallest absolute Gasteiger partial charge is 0.238 e. The van der Waals surface area contributed by atoms with Crippen LogP contribution in [0.1, 0.15) is 5.69 Å². The molecule has 0 bridgehead atoms. The molecule has 0 saturated heterocycles. The Morgan fingerprint density at radius 3 is 2.27 bits per heavy atom. The van der Waals surface area contributed by atoms with Crippen molar-refractivity contribution in [2.45, 2.75) is 11.3 Å². The maximum absolute atomic E-state index is 13.4. The maximum atomic E-state index is 13.4. The highest BCUT2D eigenvalue weighted by molar-refractivity contribution is 7.89. The van der Waals surface area contributed by atoms with E-state index >= 15 is 0 Å². The van der Waals surface area contributed by atoms with Crippen molar-refractivity contribution in [1.29, 1.82) is 0 Å². The number of rotatable bonds is 6. The monoisotopic (exact) mass is 468 g/mol. The van der Waals surface area contributed by atoms with Crippen molar-refractivity contribution in [1.82, 2.24) is 9.78 Å². The molecule has 3 aromatic carbocycles. The van der Waals surface area contributed by atoms with Gasteiger partial charge in [-0.15, -0.1) is 0 Å². The Labute approximate surface area is 188 Å². The van der Waals surface area contributed by atoms with Gasteiger partial charge in [0.15, 0.2) is 0 Å². The number of nitrogens with one attached hydrogen (secondary N) is 1. The predicted molar refractivity (Wildman–Crippen MR) is 119 cm³/mol. The third kappa shape index (κ3) is 5.30. The van der Waals surface area contributed by atoms with Gasteiger partial charge in [0.2, 0.25) is 15.9 Å². The standard InChI is InChI=1S/C23H18F2N4O3S/c24-16-6-4-15(5-7-16)22-13-19(14-23(30)27-18-3-1-2-17(25)12-18)28-29(22)20-8-10-21(11-9-20)33(26,31)32/h1-13H,14H2,(H,27,30)(H2,26,31,32). The Morgan fingerprint density at radius 2 is 1.64 bits per heavy atom. The van der Waals surface area contributed by atoms with E-state index in [1.165, 1.54) is 59.3 Å². The van der Waals surface area contributed by atoms with Crippen molar-refractivity contribution >= 4 is 21.6 Å². The number of anilines is 1. The van der Waals surface area contributed by atoms with Crippen molar-refractivity contribution in [3.63, 3.8) is 0 Å². The minimum Gasteiger partial charge on any atom is -0.326 e. The number of carbonyl (C=O) groups excluding carboxylic acids is 1. The van der Waals surface area contributed by atoms with Crippen molar-refractivity contribution in [3.8, 4) is 16.9 Å². The van der Waals surface area contributed by atoms with Gasteiger partial charge in [0.05, 0.1) is 28.4 Å². The van der Waals surface area contributed by atoms with Crippen molar-refractivity contribution in [2.24, 2.45) is 5.14 Å². The van der Waals surface area contributed by atoms with E-state index in [0.29, 0.717) is 28.3 Å². The summed E-state index contributed by atoms with van der Waals surface area (Å²) in [6, 6.07) is 18.7. The molecule has 4 aromatic rings. The van der Waals surface area contributed by atoms with Crippen LogP contribution in [0.5, 0.6) is 0 Å². The molecular formula is C23H18F2N4O3S. The average molecular weight is 468 g/mol. The first-order valence-electron chi connectivity index (χ1n) is 9.72. The minimum atomic E-state index is -3.86. The zero-order chi connectivity index (χ0) is 23.6. The number of primary sulfonamides is 1. The zero-order valence-corrected chi connectivity index (χ0v) is 17.9. The van der Waals surface area contributed by atoms with Gasteiger partial charge in [0.25, 0.3) is 0 Å². The second-order valence-corrected chi connectivity index (χ2v) is 8.78. The molecule has 0 radical (unpaired) electrons. The lowest BCUT2D eigenvalue weighted by Gasteiger charge is -2.08. The Bertz CT molecular complexity index is 1420. The topological polar surface area (TPSA) is 107 Å². The fourth-order valence-electron chi connectivity index (χ4n) is 3.25. The highest BCUT2D eigenvalue weighted by Gasteiger charge is 2.16. The molecule has 168 valence electrons. The van der Waals surface area contributed by atoms with Gasteiger partial charge in [-0.25, -0.2) is 27.0 Å². The third-order valence-corrected chi connectivity index (χ3v) is 5.69. The lowest BCUT2D eigenvalue weighted by atomic mass is 10.1. The molecule has 0 atom stereocenters. The first-order valence-corrected chi connectivity index (χ1v) is 11.3. The second kappa shape index (κ2) is 8.93. The summed E-state index contributed by atoms with van der Waals surface area (Å²) in [7, 11) is -3.86. The van der Waals surface area contributed by atoms with Crippen LogP contribution >= 0.6 is 0 Å². The molecule has 0 fully saturated rings. The molecule has 0 aliphatic carbocycles. The van der Waals surface area contributed by atoms with Gasteiger partial charge in [-0.05, 0) is 72.8 Å². The zero-order valence-electron chi connectivity index (χ0n) is 17.1. The number of benzene rings is 3. The Morgan fingerprint density at radius 1 is 0.939 bits per heavy atom.